The van der Waals surface area contributed by atoms with Crippen LogP contribution in [0.2, 0.25) is 0 Å². The topological polar surface area (TPSA) is 87.8 Å². The van der Waals surface area contributed by atoms with E-state index in [1.54, 1.807) is 18.3 Å². The van der Waals surface area contributed by atoms with E-state index in [2.05, 4.69) is 19.7 Å². The number of carbonyl (C=O) groups is 1. The molecular formula is C10H9N3O3. The van der Waals surface area contributed by atoms with Crippen LogP contribution < -0.4 is 5.56 Å². The molecule has 2 heterocycles. The minimum Gasteiger partial charge on any atom is -0.465 e. The fourth-order valence-corrected chi connectivity index (χ4v) is 1.26. The first-order valence-corrected chi connectivity index (χ1v) is 4.54. The molecule has 2 aromatic rings. The molecule has 0 spiro atoms. The molecule has 2 rings (SSSR count). The van der Waals surface area contributed by atoms with Gasteiger partial charge in [0.25, 0.3) is 5.56 Å². The first-order chi connectivity index (χ1) is 7.72. The van der Waals surface area contributed by atoms with Gasteiger partial charge in [-0.25, -0.2) is 9.78 Å². The lowest BCUT2D eigenvalue weighted by atomic mass is 10.3. The molecule has 0 atom stereocenters. The Hall–Kier alpha value is -2.37. The Bertz CT molecular complexity index is 557. The Morgan fingerprint density at radius 3 is 2.88 bits per heavy atom. The molecule has 2 N–H and O–H groups in total. The molecule has 16 heavy (non-hydrogen) atoms. The molecule has 0 unspecified atom stereocenters. The van der Waals surface area contributed by atoms with Crippen LogP contribution in [0.5, 0.6) is 0 Å². The van der Waals surface area contributed by atoms with Gasteiger partial charge in [-0.1, -0.05) is 0 Å². The van der Waals surface area contributed by atoms with Crippen LogP contribution >= 0.6 is 0 Å². The highest BCUT2D eigenvalue weighted by Gasteiger charge is 2.12. The van der Waals surface area contributed by atoms with Gasteiger partial charge in [0.05, 0.1) is 12.8 Å². The molecule has 6 heteroatoms. The number of aromatic nitrogens is 3. The Balaban J connectivity index is 2.45. The maximum Gasteiger partial charge on any atom is 0.345 e. The monoisotopic (exact) mass is 219 g/mol. The van der Waals surface area contributed by atoms with Crippen molar-refractivity contribution in [3.8, 4) is 11.5 Å². The van der Waals surface area contributed by atoms with E-state index in [4.69, 9.17) is 0 Å². The zero-order valence-corrected chi connectivity index (χ0v) is 8.48. The summed E-state index contributed by atoms with van der Waals surface area (Å²) < 4.78 is 4.44. The van der Waals surface area contributed by atoms with E-state index < -0.39 is 11.5 Å². The first kappa shape index (κ1) is 10.2. The van der Waals surface area contributed by atoms with Crippen molar-refractivity contribution in [2.75, 3.05) is 7.11 Å². The molecule has 0 radical (unpaired) electrons. The molecule has 0 aliphatic heterocycles. The number of nitrogens with one attached hydrogen (secondary N) is 2. The van der Waals surface area contributed by atoms with Crippen molar-refractivity contribution in [1.29, 1.82) is 0 Å². The van der Waals surface area contributed by atoms with Gasteiger partial charge in [-0.2, -0.15) is 0 Å². The minimum absolute atomic E-state index is 0.113. The Morgan fingerprint density at radius 2 is 2.31 bits per heavy atom. The predicted octanol–water partition coefficient (Wildman–Crippen LogP) is 0.552. The summed E-state index contributed by atoms with van der Waals surface area (Å²) in [4.78, 5) is 32.0. The van der Waals surface area contributed by atoms with Crippen LogP contribution in [0.15, 0.2) is 29.3 Å². The summed E-state index contributed by atoms with van der Waals surface area (Å²) in [5, 5.41) is 0. The number of H-pyrrole nitrogens is 2. The quantitative estimate of drug-likeness (QED) is 0.722. The highest BCUT2D eigenvalue weighted by atomic mass is 16.5. The average molecular weight is 219 g/mol. The molecular weight excluding hydrogens is 210 g/mol. The first-order valence-electron chi connectivity index (χ1n) is 4.54. The molecule has 0 aromatic carbocycles. The summed E-state index contributed by atoms with van der Waals surface area (Å²) in [6.45, 7) is 0. The second-order valence-corrected chi connectivity index (χ2v) is 3.05. The number of carbonyl (C=O) groups excluding carboxylic acids is 1. The van der Waals surface area contributed by atoms with Gasteiger partial charge >= 0.3 is 5.97 Å². The minimum atomic E-state index is -0.702. The van der Waals surface area contributed by atoms with E-state index in [9.17, 15) is 9.59 Å². The summed E-state index contributed by atoms with van der Waals surface area (Å²) in [5.74, 6) is -0.325. The third kappa shape index (κ3) is 1.72. The van der Waals surface area contributed by atoms with Gasteiger partial charge in [0.2, 0.25) is 0 Å². The number of nitrogens with zero attached hydrogens (tertiary/aromatic N) is 1. The smallest absolute Gasteiger partial charge is 0.345 e. The molecule has 82 valence electrons. The maximum atomic E-state index is 11.5. The molecule has 0 fully saturated rings. The SMILES string of the molecule is COC(=O)c1cnc(-c2ccc[nH]2)[nH]c1=O. The summed E-state index contributed by atoms with van der Waals surface area (Å²) >= 11 is 0. The van der Waals surface area contributed by atoms with Crippen molar-refractivity contribution in [2.45, 2.75) is 0 Å². The summed E-state index contributed by atoms with van der Waals surface area (Å²) in [5.41, 5.74) is 0.0396. The van der Waals surface area contributed by atoms with Crippen LogP contribution in [0, 0.1) is 0 Å². The van der Waals surface area contributed by atoms with Crippen molar-refractivity contribution in [1.82, 2.24) is 15.0 Å². The van der Waals surface area contributed by atoms with Crippen LogP contribution in [-0.2, 0) is 4.74 Å². The Labute approximate surface area is 90.3 Å². The van der Waals surface area contributed by atoms with Crippen molar-refractivity contribution in [3.05, 3.63) is 40.4 Å². The van der Waals surface area contributed by atoms with Gasteiger partial charge in [0, 0.05) is 12.4 Å². The van der Waals surface area contributed by atoms with E-state index in [1.807, 2.05) is 0 Å². The molecule has 0 bridgehead atoms. The second kappa shape index (κ2) is 4.01. The van der Waals surface area contributed by atoms with Crippen molar-refractivity contribution < 1.29 is 9.53 Å². The van der Waals surface area contributed by atoms with Crippen LogP contribution in [0.25, 0.3) is 11.5 Å². The van der Waals surface area contributed by atoms with E-state index in [1.165, 1.54) is 13.3 Å². The van der Waals surface area contributed by atoms with Crippen LogP contribution in [0.4, 0.5) is 0 Å². The molecule has 0 aliphatic rings. The molecule has 2 aromatic heterocycles. The number of rotatable bonds is 2. The lowest BCUT2D eigenvalue weighted by molar-refractivity contribution is 0.0598. The zero-order chi connectivity index (χ0) is 11.5. The zero-order valence-electron chi connectivity index (χ0n) is 8.48. The highest BCUT2D eigenvalue weighted by molar-refractivity contribution is 5.88. The average Bonchev–Trinajstić information content (AvgIpc) is 2.81. The second-order valence-electron chi connectivity index (χ2n) is 3.05. The normalized spacial score (nSPS) is 10.1. The summed E-state index contributed by atoms with van der Waals surface area (Å²) in [7, 11) is 1.21. The van der Waals surface area contributed by atoms with E-state index in [-0.39, 0.29) is 5.56 Å². The largest absolute Gasteiger partial charge is 0.465 e. The lowest BCUT2D eigenvalue weighted by Crippen LogP contribution is -2.20. The van der Waals surface area contributed by atoms with Crippen LogP contribution in [0.3, 0.4) is 0 Å². The number of aromatic amines is 2. The lowest BCUT2D eigenvalue weighted by Gasteiger charge is -1.99. The van der Waals surface area contributed by atoms with E-state index >= 15 is 0 Å². The molecule has 0 amide bonds. The number of methoxy groups -OCH3 is 1. The number of esters is 1. The van der Waals surface area contributed by atoms with Crippen LogP contribution in [-0.4, -0.2) is 28.0 Å². The van der Waals surface area contributed by atoms with Crippen LogP contribution in [0.1, 0.15) is 10.4 Å². The summed E-state index contributed by atoms with van der Waals surface area (Å²) in [6.07, 6.45) is 2.91. The summed E-state index contributed by atoms with van der Waals surface area (Å²) in [6, 6.07) is 3.54. The van der Waals surface area contributed by atoms with Crippen molar-refractivity contribution >= 4 is 5.97 Å². The van der Waals surface area contributed by atoms with Gasteiger partial charge < -0.3 is 14.7 Å². The van der Waals surface area contributed by atoms with E-state index in [0.29, 0.717) is 11.5 Å². The van der Waals surface area contributed by atoms with E-state index in [0.717, 1.165) is 0 Å². The van der Waals surface area contributed by atoms with Gasteiger partial charge in [-0.3, -0.25) is 4.79 Å². The fraction of sp³-hybridized carbons (Fsp3) is 0.100. The number of hydrogen-bond acceptors (Lipinski definition) is 4. The van der Waals surface area contributed by atoms with Crippen molar-refractivity contribution in [3.63, 3.8) is 0 Å². The predicted molar refractivity (Wildman–Crippen MR) is 56.0 cm³/mol. The molecule has 0 saturated heterocycles. The van der Waals surface area contributed by atoms with Gasteiger partial charge in [-0.05, 0) is 12.1 Å². The highest BCUT2D eigenvalue weighted by Crippen LogP contribution is 2.08. The van der Waals surface area contributed by atoms with Gasteiger partial charge in [-0.15, -0.1) is 0 Å². The third-order valence-electron chi connectivity index (χ3n) is 2.06. The maximum absolute atomic E-state index is 11.5. The molecule has 0 aliphatic carbocycles. The Kier molecular flexibility index (Phi) is 2.55. The Morgan fingerprint density at radius 1 is 1.50 bits per heavy atom. The van der Waals surface area contributed by atoms with Crippen molar-refractivity contribution in [2.24, 2.45) is 0 Å². The van der Waals surface area contributed by atoms with Gasteiger partial charge in [0.15, 0.2) is 5.82 Å². The third-order valence-corrected chi connectivity index (χ3v) is 2.06. The fourth-order valence-electron chi connectivity index (χ4n) is 1.26. The number of ether oxygens (including phenoxy) is 1. The standard InChI is InChI=1S/C10H9N3O3/c1-16-10(15)6-5-12-8(13-9(6)14)7-3-2-4-11-7/h2-5,11H,1H3,(H,12,13,14). The number of hydrogen-bond donors (Lipinski definition) is 2. The molecule has 6 nitrogen and oxygen atoms in total. The molecule has 0 saturated carbocycles. The van der Waals surface area contributed by atoms with Gasteiger partial charge in [0.1, 0.15) is 5.56 Å².